The van der Waals surface area contributed by atoms with Gasteiger partial charge < -0.3 is 10.8 Å². The first-order valence-electron chi connectivity index (χ1n) is 6.33. The average molecular weight is 235 g/mol. The average Bonchev–Trinajstić information content (AvgIpc) is 2.29. The van der Waals surface area contributed by atoms with E-state index in [4.69, 9.17) is 5.73 Å². The minimum atomic E-state index is 0.182. The highest BCUT2D eigenvalue weighted by Crippen LogP contribution is 2.31. The van der Waals surface area contributed by atoms with E-state index in [9.17, 15) is 5.11 Å². The van der Waals surface area contributed by atoms with Gasteiger partial charge in [-0.25, -0.2) is 0 Å². The minimum Gasteiger partial charge on any atom is -0.395 e. The van der Waals surface area contributed by atoms with Crippen LogP contribution in [0.3, 0.4) is 0 Å². The molecular formula is C13H21N3O. The molecule has 0 aliphatic heterocycles. The third kappa shape index (κ3) is 2.83. The van der Waals surface area contributed by atoms with Crippen molar-refractivity contribution in [1.82, 2.24) is 9.88 Å². The van der Waals surface area contributed by atoms with Gasteiger partial charge in [0.25, 0.3) is 0 Å². The largest absolute Gasteiger partial charge is 0.395 e. The van der Waals surface area contributed by atoms with Gasteiger partial charge in [0.2, 0.25) is 0 Å². The summed E-state index contributed by atoms with van der Waals surface area (Å²) in [5.41, 5.74) is 7.05. The number of hydrogen-bond acceptors (Lipinski definition) is 4. The van der Waals surface area contributed by atoms with Crippen LogP contribution in [-0.2, 0) is 0 Å². The Morgan fingerprint density at radius 2 is 2.35 bits per heavy atom. The van der Waals surface area contributed by atoms with Crippen molar-refractivity contribution in [2.45, 2.75) is 31.3 Å². The normalized spacial score (nSPS) is 18.1. The van der Waals surface area contributed by atoms with Crippen LogP contribution in [0, 0.1) is 0 Å². The molecule has 4 nitrogen and oxygen atoms in total. The van der Waals surface area contributed by atoms with E-state index in [1.165, 1.54) is 19.3 Å². The summed E-state index contributed by atoms with van der Waals surface area (Å²) in [7, 11) is 0. The van der Waals surface area contributed by atoms with Crippen molar-refractivity contribution < 1.29 is 5.11 Å². The second-order valence-corrected chi connectivity index (χ2v) is 4.58. The van der Waals surface area contributed by atoms with Gasteiger partial charge in [-0.1, -0.05) is 12.5 Å². The summed E-state index contributed by atoms with van der Waals surface area (Å²) < 4.78 is 0. The molecule has 1 fully saturated rings. The molecule has 1 atom stereocenters. The van der Waals surface area contributed by atoms with Crippen LogP contribution < -0.4 is 5.73 Å². The number of aliphatic hydroxyl groups excluding tert-OH is 1. The van der Waals surface area contributed by atoms with E-state index in [0.29, 0.717) is 19.1 Å². The number of aromatic nitrogens is 1. The van der Waals surface area contributed by atoms with Gasteiger partial charge in [-0.2, -0.15) is 0 Å². The molecule has 3 N–H and O–H groups in total. The molecule has 4 heteroatoms. The maximum absolute atomic E-state index is 9.20. The second-order valence-electron chi connectivity index (χ2n) is 4.58. The highest BCUT2D eigenvalue weighted by Gasteiger charge is 2.30. The van der Waals surface area contributed by atoms with E-state index >= 15 is 0 Å². The van der Waals surface area contributed by atoms with Crippen molar-refractivity contribution >= 4 is 0 Å². The van der Waals surface area contributed by atoms with Crippen molar-refractivity contribution in [1.29, 1.82) is 0 Å². The van der Waals surface area contributed by atoms with Crippen molar-refractivity contribution in [2.24, 2.45) is 5.73 Å². The number of pyridine rings is 1. The van der Waals surface area contributed by atoms with Crippen molar-refractivity contribution in [3.63, 3.8) is 0 Å². The predicted molar refractivity (Wildman–Crippen MR) is 67.5 cm³/mol. The fraction of sp³-hybridized carbons (Fsp3) is 0.615. The number of nitrogens with two attached hydrogens (primary N) is 1. The molecule has 1 aliphatic carbocycles. The van der Waals surface area contributed by atoms with Gasteiger partial charge in [0.05, 0.1) is 6.61 Å². The van der Waals surface area contributed by atoms with Crippen LogP contribution in [-0.4, -0.2) is 40.7 Å². The lowest BCUT2D eigenvalue weighted by atomic mass is 9.89. The van der Waals surface area contributed by atoms with Crippen LogP contribution in [0.4, 0.5) is 0 Å². The van der Waals surface area contributed by atoms with E-state index < -0.39 is 0 Å². The molecule has 17 heavy (non-hydrogen) atoms. The zero-order chi connectivity index (χ0) is 12.1. The Morgan fingerprint density at radius 1 is 1.53 bits per heavy atom. The molecule has 0 amide bonds. The Balaban J connectivity index is 2.13. The fourth-order valence-electron chi connectivity index (χ4n) is 2.46. The van der Waals surface area contributed by atoms with Crippen LogP contribution >= 0.6 is 0 Å². The molecule has 0 saturated heterocycles. The zero-order valence-electron chi connectivity index (χ0n) is 10.1. The molecule has 1 aliphatic rings. The van der Waals surface area contributed by atoms with Crippen LogP contribution in [0.1, 0.15) is 30.9 Å². The smallest absolute Gasteiger partial charge is 0.0558 e. The summed E-state index contributed by atoms with van der Waals surface area (Å²) in [6, 6.07) is 4.76. The molecule has 1 aromatic heterocycles. The Morgan fingerprint density at radius 3 is 2.82 bits per heavy atom. The summed E-state index contributed by atoms with van der Waals surface area (Å²) >= 11 is 0. The predicted octanol–water partition coefficient (Wildman–Crippen LogP) is 0.928. The molecule has 2 rings (SSSR count). The van der Waals surface area contributed by atoms with Crippen LogP contribution in [0.15, 0.2) is 24.5 Å². The van der Waals surface area contributed by atoms with Gasteiger partial charge in [0.1, 0.15) is 0 Å². The number of nitrogens with zero attached hydrogens (tertiary/aromatic N) is 2. The standard InChI is InChI=1S/C13H21N3O/c14-9-13(11-3-2-6-15-10-11)16(7-8-17)12-4-1-5-12/h2-3,6,10,12-13,17H,1,4-5,7-9,14H2. The SMILES string of the molecule is NCC(c1cccnc1)N(CCO)C1CCC1. The lowest BCUT2D eigenvalue weighted by Crippen LogP contribution is -2.46. The topological polar surface area (TPSA) is 62.4 Å². The molecule has 1 saturated carbocycles. The van der Waals surface area contributed by atoms with Gasteiger partial charge >= 0.3 is 0 Å². The lowest BCUT2D eigenvalue weighted by molar-refractivity contribution is 0.0622. The summed E-state index contributed by atoms with van der Waals surface area (Å²) in [5, 5.41) is 9.20. The van der Waals surface area contributed by atoms with Crippen molar-refractivity contribution in [3.8, 4) is 0 Å². The van der Waals surface area contributed by atoms with Crippen molar-refractivity contribution in [2.75, 3.05) is 19.7 Å². The molecule has 0 spiro atoms. The summed E-state index contributed by atoms with van der Waals surface area (Å²) in [4.78, 5) is 6.49. The summed E-state index contributed by atoms with van der Waals surface area (Å²) in [5.74, 6) is 0. The van der Waals surface area contributed by atoms with E-state index in [-0.39, 0.29) is 12.6 Å². The monoisotopic (exact) mass is 235 g/mol. The van der Waals surface area contributed by atoms with E-state index in [1.807, 2.05) is 12.3 Å². The maximum Gasteiger partial charge on any atom is 0.0558 e. The summed E-state index contributed by atoms with van der Waals surface area (Å²) in [6.45, 7) is 1.46. The molecule has 1 aromatic rings. The van der Waals surface area contributed by atoms with Crippen LogP contribution in [0.25, 0.3) is 0 Å². The second kappa shape index (κ2) is 6.10. The quantitative estimate of drug-likeness (QED) is 0.770. The van der Waals surface area contributed by atoms with Gasteiger partial charge in [0.15, 0.2) is 0 Å². The number of aliphatic hydroxyl groups is 1. The number of hydrogen-bond donors (Lipinski definition) is 2. The molecule has 0 aromatic carbocycles. The molecule has 94 valence electrons. The first kappa shape index (κ1) is 12.5. The first-order valence-corrected chi connectivity index (χ1v) is 6.33. The maximum atomic E-state index is 9.20. The van der Waals surface area contributed by atoms with E-state index in [2.05, 4.69) is 16.0 Å². The number of rotatable bonds is 6. The van der Waals surface area contributed by atoms with Crippen molar-refractivity contribution in [3.05, 3.63) is 30.1 Å². The molecule has 1 unspecified atom stereocenters. The molecular weight excluding hydrogens is 214 g/mol. The minimum absolute atomic E-state index is 0.182. The molecule has 0 bridgehead atoms. The Hall–Kier alpha value is -0.970. The summed E-state index contributed by atoms with van der Waals surface area (Å²) in [6.07, 6.45) is 7.38. The molecule has 1 heterocycles. The third-order valence-electron chi connectivity index (χ3n) is 3.59. The first-order chi connectivity index (χ1) is 8.36. The third-order valence-corrected chi connectivity index (χ3v) is 3.59. The van der Waals surface area contributed by atoms with Crippen LogP contribution in [0.2, 0.25) is 0 Å². The zero-order valence-corrected chi connectivity index (χ0v) is 10.1. The lowest BCUT2D eigenvalue weighted by Gasteiger charge is -2.42. The van der Waals surface area contributed by atoms with E-state index in [1.54, 1.807) is 6.20 Å². The Bertz CT molecular complexity index is 327. The van der Waals surface area contributed by atoms with Gasteiger partial charge in [-0.3, -0.25) is 9.88 Å². The van der Waals surface area contributed by atoms with Gasteiger partial charge in [0, 0.05) is 37.6 Å². The van der Waals surface area contributed by atoms with Crippen LogP contribution in [0.5, 0.6) is 0 Å². The Kier molecular flexibility index (Phi) is 4.48. The molecule has 0 radical (unpaired) electrons. The van der Waals surface area contributed by atoms with Gasteiger partial charge in [-0.15, -0.1) is 0 Å². The highest BCUT2D eigenvalue weighted by atomic mass is 16.3. The fourth-order valence-corrected chi connectivity index (χ4v) is 2.46. The van der Waals surface area contributed by atoms with E-state index in [0.717, 1.165) is 5.56 Å². The highest BCUT2D eigenvalue weighted by molar-refractivity contribution is 5.15. The Labute approximate surface area is 102 Å². The van der Waals surface area contributed by atoms with Gasteiger partial charge in [-0.05, 0) is 24.5 Å².